The molecular formula is C25H35N5O3. The summed E-state index contributed by atoms with van der Waals surface area (Å²) < 4.78 is 4.38. The second-order valence-corrected chi connectivity index (χ2v) is 9.53. The molecule has 0 aliphatic carbocycles. The number of imidazole rings is 1. The fourth-order valence-corrected chi connectivity index (χ4v) is 4.24. The Kier molecular flexibility index (Phi) is 7.56. The summed E-state index contributed by atoms with van der Waals surface area (Å²) in [5.41, 5.74) is 0.637. The summed E-state index contributed by atoms with van der Waals surface area (Å²) in [5.74, 6) is 0.199. The molecule has 3 aromatic rings. The zero-order chi connectivity index (χ0) is 24.3. The van der Waals surface area contributed by atoms with E-state index in [9.17, 15) is 14.4 Å². The number of benzene rings is 1. The van der Waals surface area contributed by atoms with Gasteiger partial charge in [0.2, 0.25) is 5.91 Å². The molecule has 0 spiro atoms. The van der Waals surface area contributed by atoms with Gasteiger partial charge in [-0.15, -0.1) is 0 Å². The van der Waals surface area contributed by atoms with Crippen molar-refractivity contribution in [1.29, 1.82) is 0 Å². The van der Waals surface area contributed by atoms with Crippen molar-refractivity contribution in [3.63, 3.8) is 0 Å². The van der Waals surface area contributed by atoms with Crippen LogP contribution in [0.1, 0.15) is 53.5 Å². The molecule has 8 nitrogen and oxygen atoms in total. The van der Waals surface area contributed by atoms with E-state index >= 15 is 0 Å². The minimum atomic E-state index is -0.522. The van der Waals surface area contributed by atoms with Gasteiger partial charge in [-0.25, -0.2) is 14.3 Å². The van der Waals surface area contributed by atoms with Crippen LogP contribution in [0.15, 0.2) is 46.2 Å². The van der Waals surface area contributed by atoms with Gasteiger partial charge in [0.05, 0.1) is 12.9 Å². The molecule has 0 radical (unpaired) electrons. The third kappa shape index (κ3) is 5.26. The number of carbonyl (C=O) groups is 1. The molecule has 0 saturated carbocycles. The van der Waals surface area contributed by atoms with Crippen molar-refractivity contribution in [2.45, 2.75) is 79.7 Å². The fraction of sp³-hybridized carbons (Fsp3) is 0.520. The first-order valence-corrected chi connectivity index (χ1v) is 11.6. The summed E-state index contributed by atoms with van der Waals surface area (Å²) in [7, 11) is 0. The highest BCUT2D eigenvalue weighted by atomic mass is 16.2. The Bertz CT molecular complexity index is 1210. The number of rotatable bonds is 9. The minimum absolute atomic E-state index is 0.0416. The molecule has 1 amide bonds. The average Bonchev–Trinajstić information content (AvgIpc) is 3.17. The predicted molar refractivity (Wildman–Crippen MR) is 130 cm³/mol. The maximum Gasteiger partial charge on any atom is 0.333 e. The summed E-state index contributed by atoms with van der Waals surface area (Å²) in [6.45, 7) is 12.5. The molecular weight excluding hydrogens is 418 g/mol. The first-order valence-electron chi connectivity index (χ1n) is 11.6. The first kappa shape index (κ1) is 24.5. The third-order valence-electron chi connectivity index (χ3n) is 5.81. The lowest BCUT2D eigenvalue weighted by Gasteiger charge is -2.31. The average molecular weight is 454 g/mol. The molecule has 0 aliphatic rings. The Labute approximate surface area is 194 Å². The number of carbonyl (C=O) groups excluding carboxylic acids is 1. The zero-order valence-electron chi connectivity index (χ0n) is 20.5. The van der Waals surface area contributed by atoms with Gasteiger partial charge in [-0.1, -0.05) is 44.2 Å². The molecule has 0 saturated heterocycles. The minimum Gasteiger partial charge on any atom is -0.336 e. The van der Waals surface area contributed by atoms with Crippen LogP contribution in [0.4, 0.5) is 0 Å². The van der Waals surface area contributed by atoms with Crippen molar-refractivity contribution in [2.75, 3.05) is 0 Å². The summed E-state index contributed by atoms with van der Waals surface area (Å²) >= 11 is 0. The summed E-state index contributed by atoms with van der Waals surface area (Å²) in [5, 5.41) is 0. The lowest BCUT2D eigenvalue weighted by Crippen LogP contribution is -2.48. The van der Waals surface area contributed by atoms with Crippen LogP contribution < -0.4 is 11.2 Å². The lowest BCUT2D eigenvalue weighted by molar-refractivity contribution is -0.135. The molecule has 0 aliphatic heterocycles. The van der Waals surface area contributed by atoms with Crippen molar-refractivity contribution in [2.24, 2.45) is 5.92 Å². The van der Waals surface area contributed by atoms with E-state index in [-0.39, 0.29) is 31.1 Å². The van der Waals surface area contributed by atoms with Crippen LogP contribution in [0.2, 0.25) is 0 Å². The molecule has 2 heterocycles. The van der Waals surface area contributed by atoms with E-state index in [1.807, 2.05) is 62.6 Å². The van der Waals surface area contributed by atoms with Gasteiger partial charge in [-0.3, -0.25) is 14.2 Å². The molecule has 0 unspecified atom stereocenters. The topological polar surface area (TPSA) is 82.1 Å². The van der Waals surface area contributed by atoms with Crippen LogP contribution in [0, 0.1) is 5.92 Å². The summed E-state index contributed by atoms with van der Waals surface area (Å²) in [6.07, 6.45) is 2.49. The van der Waals surface area contributed by atoms with E-state index in [1.54, 1.807) is 11.2 Å². The second kappa shape index (κ2) is 10.2. The molecule has 0 atom stereocenters. The van der Waals surface area contributed by atoms with Crippen molar-refractivity contribution in [1.82, 2.24) is 23.6 Å². The molecule has 0 bridgehead atoms. The number of hydrogen-bond donors (Lipinski definition) is 0. The van der Waals surface area contributed by atoms with Gasteiger partial charge in [0.1, 0.15) is 6.54 Å². The van der Waals surface area contributed by atoms with Crippen LogP contribution in [0.5, 0.6) is 0 Å². The van der Waals surface area contributed by atoms with Crippen molar-refractivity contribution >= 4 is 17.1 Å². The molecule has 8 heteroatoms. The molecule has 178 valence electrons. The van der Waals surface area contributed by atoms with Gasteiger partial charge in [0.25, 0.3) is 5.56 Å². The third-order valence-corrected chi connectivity index (χ3v) is 5.81. The molecule has 33 heavy (non-hydrogen) atoms. The Morgan fingerprint density at radius 2 is 1.61 bits per heavy atom. The van der Waals surface area contributed by atoms with Gasteiger partial charge in [-0.2, -0.15) is 0 Å². The standard InChI is InChI=1S/C25H35N5O3/c1-17(2)12-13-27-16-26-23-22(27)24(32)29(15-21(31)30(18(3)4)19(5)6)25(33)28(23)14-20-10-8-7-9-11-20/h7-11,16-19H,12-15H2,1-6H3. The van der Waals surface area contributed by atoms with Gasteiger partial charge in [0.15, 0.2) is 11.2 Å². The highest BCUT2D eigenvalue weighted by Gasteiger charge is 2.24. The van der Waals surface area contributed by atoms with Crippen LogP contribution in [-0.2, 0) is 24.4 Å². The SMILES string of the molecule is CC(C)CCn1cnc2c1c(=O)n(CC(=O)N(C(C)C)C(C)C)c(=O)n2Cc1ccccc1. The number of aryl methyl sites for hydroxylation is 1. The highest BCUT2D eigenvalue weighted by molar-refractivity contribution is 5.77. The quantitative estimate of drug-likeness (QED) is 0.499. The fourth-order valence-electron chi connectivity index (χ4n) is 4.24. The second-order valence-electron chi connectivity index (χ2n) is 9.53. The molecule has 0 N–H and O–H groups in total. The number of aromatic nitrogens is 4. The Hall–Kier alpha value is -3.16. The van der Waals surface area contributed by atoms with Gasteiger partial charge < -0.3 is 9.47 Å². The predicted octanol–water partition coefficient (Wildman–Crippen LogP) is 3.10. The monoisotopic (exact) mass is 453 g/mol. The molecule has 1 aromatic carbocycles. The number of fused-ring (bicyclic) bond motifs is 1. The largest absolute Gasteiger partial charge is 0.336 e. The van der Waals surface area contributed by atoms with Gasteiger partial charge in [-0.05, 0) is 45.6 Å². The zero-order valence-corrected chi connectivity index (χ0v) is 20.5. The number of amides is 1. The Morgan fingerprint density at radius 1 is 0.970 bits per heavy atom. The van der Waals surface area contributed by atoms with E-state index in [2.05, 4.69) is 18.8 Å². The van der Waals surface area contributed by atoms with E-state index in [0.29, 0.717) is 23.6 Å². The van der Waals surface area contributed by atoms with Crippen molar-refractivity contribution in [3.8, 4) is 0 Å². The van der Waals surface area contributed by atoms with E-state index < -0.39 is 11.2 Å². The Morgan fingerprint density at radius 3 is 2.18 bits per heavy atom. The van der Waals surface area contributed by atoms with E-state index in [0.717, 1.165) is 16.6 Å². The Balaban J connectivity index is 2.17. The van der Waals surface area contributed by atoms with Crippen molar-refractivity contribution in [3.05, 3.63) is 63.1 Å². The van der Waals surface area contributed by atoms with Gasteiger partial charge >= 0.3 is 5.69 Å². The number of hydrogen-bond acceptors (Lipinski definition) is 4. The molecule has 2 aromatic heterocycles. The lowest BCUT2D eigenvalue weighted by atomic mass is 10.1. The van der Waals surface area contributed by atoms with Gasteiger partial charge in [0, 0.05) is 18.6 Å². The number of nitrogens with zero attached hydrogens (tertiary/aromatic N) is 5. The summed E-state index contributed by atoms with van der Waals surface area (Å²) in [4.78, 5) is 46.3. The van der Waals surface area contributed by atoms with E-state index in [4.69, 9.17) is 0 Å². The van der Waals surface area contributed by atoms with Crippen LogP contribution >= 0.6 is 0 Å². The smallest absolute Gasteiger partial charge is 0.333 e. The van der Waals surface area contributed by atoms with Crippen LogP contribution in [0.3, 0.4) is 0 Å². The van der Waals surface area contributed by atoms with Crippen LogP contribution in [0.25, 0.3) is 11.2 Å². The maximum atomic E-state index is 13.5. The van der Waals surface area contributed by atoms with E-state index in [1.165, 1.54) is 4.57 Å². The van der Waals surface area contributed by atoms with Crippen LogP contribution in [-0.4, -0.2) is 41.6 Å². The maximum absolute atomic E-state index is 13.5. The molecule has 3 rings (SSSR count). The first-order chi connectivity index (χ1) is 15.6. The highest BCUT2D eigenvalue weighted by Crippen LogP contribution is 2.13. The molecule has 0 fully saturated rings. The summed E-state index contributed by atoms with van der Waals surface area (Å²) in [6, 6.07) is 9.49. The van der Waals surface area contributed by atoms with Crippen molar-refractivity contribution < 1.29 is 4.79 Å². The normalized spacial score (nSPS) is 11.8.